The first-order valence-corrected chi connectivity index (χ1v) is 30.4. The Bertz CT molecular complexity index is 2690. The van der Waals surface area contributed by atoms with Crippen LogP contribution in [0.15, 0.2) is 90.0 Å². The van der Waals surface area contributed by atoms with E-state index in [-0.39, 0.29) is 82.6 Å². The number of rotatable bonds is 20. The molecule has 0 spiro atoms. The van der Waals surface area contributed by atoms with Crippen LogP contribution < -0.4 is 10.6 Å². The molecule has 15 nitrogen and oxygen atoms in total. The zero-order chi connectivity index (χ0) is 59.2. The number of benzene rings is 3. The molecule has 1 saturated heterocycles. The number of unbranched alkanes of at least 4 members (excludes halogenated alkanes) is 1. The van der Waals surface area contributed by atoms with E-state index in [9.17, 15) is 65.8 Å². The van der Waals surface area contributed by atoms with E-state index in [1.807, 2.05) is 56.3 Å². The van der Waals surface area contributed by atoms with Gasteiger partial charge in [0.15, 0.2) is 0 Å². The SMILES string of the molecule is CCCC[C@H](O)[C@H](O)/C=C/C1=C(\C[C@H](O)CO)[C@H]2CC[C@@H](O)[C@@H]3N[C@H](C)CC[C@H]([C@H]3CC(=O)O)[C@H](O)Cc3ccc(cc3CC3(C(=O)O)CCCCC3)C[C@@]([C@@](C)(O)[C@H](CCCO)c3ccc(O)cc3)(CC#Cc3ccccc3CC1)N2. The lowest BCUT2D eigenvalue weighted by Gasteiger charge is -2.52. The molecule has 2 fully saturated rings. The standard InChI is InChI=1S/C67H94N2O13/c1-4-5-17-58(74)59(75)30-25-47-22-21-46-14-8-7-13-45(46)15-11-34-67(65(3,82)56(16-12-35-70)48-23-26-51(72)27-24-48)40-44-19-20-49(50(36-44)41-66(64(80)81)32-9-6-10-33-66)37-61(77)53-28-18-43(2)68-63(55(53)39-62(78)79)60(76)31-29-57(69-67)54(47)38-52(73)42-71/h7-8,13-14,19-20,23-27,30,36,43,52-53,55-61,63,68-77,82H,4-6,9-10,12,16-18,21-22,28-29,31-35,37-42H2,1-3H3,(H,78,79)(H,80,81)/b30-25+,54-47+/t43-,52+,53-,55-,56-,57-,58+,59-,60-,61-,63-,65+,67-/m1/s1. The van der Waals surface area contributed by atoms with Crippen molar-refractivity contribution in [3.8, 4) is 17.6 Å². The third-order valence-corrected chi connectivity index (χ3v) is 19.1. The molecular formula is C67H94N2O13. The molecule has 8 rings (SSSR count). The summed E-state index contributed by atoms with van der Waals surface area (Å²) in [5, 5.41) is 136. The largest absolute Gasteiger partial charge is 0.508 e. The van der Waals surface area contributed by atoms with Crippen LogP contribution in [0.3, 0.4) is 0 Å². The van der Waals surface area contributed by atoms with Crippen molar-refractivity contribution >= 4 is 11.9 Å². The van der Waals surface area contributed by atoms with Gasteiger partial charge in [0.25, 0.3) is 0 Å². The van der Waals surface area contributed by atoms with E-state index in [2.05, 4.69) is 22.5 Å². The zero-order valence-corrected chi connectivity index (χ0v) is 48.6. The summed E-state index contributed by atoms with van der Waals surface area (Å²) in [6.07, 6.45) is 4.92. The fraction of sp³-hybridized carbons (Fsp3) is 0.612. The van der Waals surface area contributed by atoms with Crippen LogP contribution in [0.4, 0.5) is 0 Å². The van der Waals surface area contributed by atoms with Gasteiger partial charge in [-0.3, -0.25) is 9.59 Å². The third kappa shape index (κ3) is 16.1. The van der Waals surface area contributed by atoms with Gasteiger partial charge < -0.3 is 66.8 Å². The van der Waals surface area contributed by atoms with Crippen LogP contribution >= 0.6 is 0 Å². The number of fused-ring (bicyclic) bond motifs is 6. The van der Waals surface area contributed by atoms with E-state index >= 15 is 0 Å². The van der Waals surface area contributed by atoms with Crippen molar-refractivity contribution in [1.82, 2.24) is 10.6 Å². The first-order chi connectivity index (χ1) is 39.2. The molecule has 4 aliphatic heterocycles. The van der Waals surface area contributed by atoms with E-state index in [1.54, 1.807) is 43.3 Å². The lowest BCUT2D eigenvalue weighted by Crippen LogP contribution is -2.67. The Morgan fingerprint density at radius 1 is 0.878 bits per heavy atom. The maximum Gasteiger partial charge on any atom is 0.309 e. The molecule has 0 radical (unpaired) electrons. The number of aliphatic carboxylic acids is 2. The number of nitrogens with one attached hydrogen (secondary N) is 2. The Morgan fingerprint density at radius 3 is 2.32 bits per heavy atom. The zero-order valence-electron chi connectivity index (χ0n) is 48.6. The van der Waals surface area contributed by atoms with Gasteiger partial charge in [0.05, 0.1) is 60.1 Å². The summed E-state index contributed by atoms with van der Waals surface area (Å²) in [4.78, 5) is 26.6. The highest BCUT2D eigenvalue weighted by Crippen LogP contribution is 2.47. The average Bonchev–Trinajstić information content (AvgIpc) is 2.73. The van der Waals surface area contributed by atoms with Crippen molar-refractivity contribution in [2.24, 2.45) is 17.3 Å². The molecule has 0 amide bonds. The molecule has 13 atom stereocenters. The van der Waals surface area contributed by atoms with Crippen molar-refractivity contribution in [3.63, 3.8) is 0 Å². The molecule has 15 heteroatoms. The highest BCUT2D eigenvalue weighted by atomic mass is 16.4. The molecule has 13 N–H and O–H groups in total. The van der Waals surface area contributed by atoms with Crippen LogP contribution in [-0.2, 0) is 35.3 Å². The normalized spacial score (nSPS) is 28.6. The molecule has 1 aliphatic carbocycles. The molecular weight excluding hydrogens is 1040 g/mol. The summed E-state index contributed by atoms with van der Waals surface area (Å²) >= 11 is 0. The van der Waals surface area contributed by atoms with Crippen LogP contribution in [0.25, 0.3) is 0 Å². The number of hydrogen-bond donors (Lipinski definition) is 13. The van der Waals surface area contributed by atoms with Crippen LogP contribution in [0.1, 0.15) is 176 Å². The molecule has 4 heterocycles. The minimum atomic E-state index is -1.85. The Balaban J connectivity index is 1.59. The molecule has 450 valence electrons. The van der Waals surface area contributed by atoms with Crippen molar-refractivity contribution in [2.75, 3.05) is 13.2 Å². The van der Waals surface area contributed by atoms with Gasteiger partial charge in [0.1, 0.15) is 5.75 Å². The number of aliphatic hydroxyl groups excluding tert-OH is 7. The summed E-state index contributed by atoms with van der Waals surface area (Å²) in [5.41, 5.74) is 1.23. The summed E-state index contributed by atoms with van der Waals surface area (Å²) in [7, 11) is 0. The van der Waals surface area contributed by atoms with Crippen LogP contribution in [0.2, 0.25) is 0 Å². The number of carbonyl (C=O) groups is 2. The Kier molecular flexibility index (Phi) is 23.4. The molecule has 82 heavy (non-hydrogen) atoms. The highest BCUT2D eigenvalue weighted by Gasteiger charge is 2.53. The number of hydrogen-bond acceptors (Lipinski definition) is 13. The van der Waals surface area contributed by atoms with Crippen molar-refractivity contribution in [3.05, 3.63) is 123 Å². The fourth-order valence-electron chi connectivity index (χ4n) is 14.2. The van der Waals surface area contributed by atoms with E-state index < -0.39 is 95.5 Å². The second-order valence-electron chi connectivity index (χ2n) is 24.8. The van der Waals surface area contributed by atoms with Gasteiger partial charge in [-0.05, 0) is 179 Å². The number of carboxylic acids is 2. The second-order valence-corrected chi connectivity index (χ2v) is 24.8. The Hall–Kier alpha value is -4.96. The summed E-state index contributed by atoms with van der Waals surface area (Å²) < 4.78 is 0. The lowest BCUT2D eigenvalue weighted by atomic mass is 9.63. The predicted molar refractivity (Wildman–Crippen MR) is 316 cm³/mol. The van der Waals surface area contributed by atoms with E-state index in [0.717, 1.165) is 42.4 Å². The quantitative estimate of drug-likeness (QED) is 0.0494. The lowest BCUT2D eigenvalue weighted by molar-refractivity contribution is -0.151. The van der Waals surface area contributed by atoms with Crippen molar-refractivity contribution in [1.29, 1.82) is 0 Å². The Morgan fingerprint density at radius 2 is 1.62 bits per heavy atom. The van der Waals surface area contributed by atoms with Gasteiger partial charge in [0, 0.05) is 42.6 Å². The van der Waals surface area contributed by atoms with Gasteiger partial charge in [0.2, 0.25) is 0 Å². The van der Waals surface area contributed by atoms with E-state index in [0.29, 0.717) is 79.2 Å². The maximum atomic E-state index is 14.3. The van der Waals surface area contributed by atoms with Crippen molar-refractivity contribution < 1.29 is 65.8 Å². The molecule has 0 unspecified atom stereocenters. The van der Waals surface area contributed by atoms with Gasteiger partial charge in [-0.1, -0.05) is 112 Å². The number of phenolic OH excluding ortho intramolecular Hbond substituents is 1. The van der Waals surface area contributed by atoms with Gasteiger partial charge in [-0.25, -0.2) is 0 Å². The van der Waals surface area contributed by atoms with E-state index in [4.69, 9.17) is 0 Å². The monoisotopic (exact) mass is 1130 g/mol. The third-order valence-electron chi connectivity index (χ3n) is 19.1. The number of carboxylic acid groups (broad SMARTS) is 2. The molecule has 3 aromatic carbocycles. The first kappa shape index (κ1) is 64.6. The van der Waals surface area contributed by atoms with Gasteiger partial charge in [-0.15, -0.1) is 0 Å². The smallest absolute Gasteiger partial charge is 0.309 e. The minimum absolute atomic E-state index is 0.0181. The van der Waals surface area contributed by atoms with Crippen LogP contribution in [0, 0.1) is 29.1 Å². The summed E-state index contributed by atoms with van der Waals surface area (Å²) in [5.74, 6) is 2.96. The molecule has 6 bridgehead atoms. The van der Waals surface area contributed by atoms with Gasteiger partial charge >= 0.3 is 11.9 Å². The first-order valence-electron chi connectivity index (χ1n) is 30.4. The number of allylic oxidation sites excluding steroid dienone is 2. The second kappa shape index (κ2) is 29.7. The van der Waals surface area contributed by atoms with Crippen molar-refractivity contribution in [2.45, 2.75) is 228 Å². The average molecular weight is 1140 g/mol. The Labute approximate surface area is 485 Å². The van der Waals surface area contributed by atoms with E-state index in [1.165, 1.54) is 0 Å². The number of phenols is 1. The molecule has 5 aliphatic rings. The molecule has 3 aromatic rings. The number of aryl methyl sites for hydroxylation is 1. The highest BCUT2D eigenvalue weighted by molar-refractivity contribution is 5.75. The van der Waals surface area contributed by atoms with Gasteiger partial charge in [-0.2, -0.15) is 0 Å². The fourth-order valence-corrected chi connectivity index (χ4v) is 14.2. The number of aromatic hydroxyl groups is 1. The molecule has 0 aromatic heterocycles. The maximum absolute atomic E-state index is 14.3. The minimum Gasteiger partial charge on any atom is -0.508 e. The van der Waals surface area contributed by atoms with Crippen LogP contribution in [-0.4, -0.2) is 141 Å². The number of aliphatic hydroxyl groups is 8. The summed E-state index contributed by atoms with van der Waals surface area (Å²) in [6.45, 7) is 4.93. The predicted octanol–water partition coefficient (Wildman–Crippen LogP) is 7.32. The van der Waals surface area contributed by atoms with Crippen LogP contribution in [0.5, 0.6) is 5.75 Å². The topological polar surface area (TPSA) is 281 Å². The summed E-state index contributed by atoms with van der Waals surface area (Å²) in [6, 6.07) is 18.4. The molecule has 1 saturated carbocycles.